The molecule has 2 atom stereocenters. The number of thioether (sulfide) groups is 1. The highest BCUT2D eigenvalue weighted by Crippen LogP contribution is 2.18. The first-order valence-corrected chi connectivity index (χ1v) is 8.88. The van der Waals surface area contributed by atoms with Crippen LogP contribution in [0.3, 0.4) is 0 Å². The summed E-state index contributed by atoms with van der Waals surface area (Å²) in [5.74, 6) is 1.43. The van der Waals surface area contributed by atoms with E-state index in [1.807, 2.05) is 25.1 Å². The largest absolute Gasteiger partial charge is 0.368 e. The van der Waals surface area contributed by atoms with Gasteiger partial charge in [0.05, 0.1) is 0 Å². The topological polar surface area (TPSA) is 29.1 Å². The molecule has 1 N–H and O–H groups in total. The van der Waals surface area contributed by atoms with E-state index in [9.17, 15) is 4.79 Å². The molecule has 0 aliphatic rings. The van der Waals surface area contributed by atoms with E-state index in [-0.39, 0.29) is 12.0 Å². The second kappa shape index (κ2) is 9.96. The van der Waals surface area contributed by atoms with Crippen molar-refractivity contribution < 1.29 is 4.79 Å². The van der Waals surface area contributed by atoms with Gasteiger partial charge >= 0.3 is 0 Å². The molecule has 1 aromatic rings. The molecule has 0 aliphatic carbocycles. The Morgan fingerprint density at radius 1 is 1.33 bits per heavy atom. The zero-order valence-corrected chi connectivity index (χ0v) is 14.7. The SMILES string of the molecule is CC[C@@H](C=O)[C@H](CC(C)C)NC(=S)SCc1ccccc1. The molecule has 21 heavy (non-hydrogen) atoms. The molecule has 0 heterocycles. The third-order valence-electron chi connectivity index (χ3n) is 3.40. The van der Waals surface area contributed by atoms with Gasteiger partial charge in [0.15, 0.2) is 0 Å². The Bertz CT molecular complexity index is 434. The molecule has 0 radical (unpaired) electrons. The van der Waals surface area contributed by atoms with Crippen LogP contribution in [0.2, 0.25) is 0 Å². The number of aldehydes is 1. The van der Waals surface area contributed by atoms with Gasteiger partial charge in [-0.15, -0.1) is 0 Å². The van der Waals surface area contributed by atoms with Crippen LogP contribution >= 0.6 is 24.0 Å². The monoisotopic (exact) mass is 323 g/mol. The fraction of sp³-hybridized carbons (Fsp3) is 0.529. The predicted molar refractivity (Wildman–Crippen MR) is 96.6 cm³/mol. The summed E-state index contributed by atoms with van der Waals surface area (Å²) in [7, 11) is 0. The van der Waals surface area contributed by atoms with Crippen molar-refractivity contribution in [1.29, 1.82) is 0 Å². The van der Waals surface area contributed by atoms with E-state index in [0.29, 0.717) is 5.92 Å². The van der Waals surface area contributed by atoms with Crippen LogP contribution in [0.4, 0.5) is 0 Å². The standard InChI is InChI=1S/C17H25NOS2/c1-4-15(11-19)16(10-13(2)3)18-17(20)21-12-14-8-6-5-7-9-14/h5-9,11,13,15-16H,4,10,12H2,1-3H3,(H,18,20)/t15-,16-/m0/s1. The normalized spacial score (nSPS) is 13.7. The van der Waals surface area contributed by atoms with Crippen molar-refractivity contribution in [3.8, 4) is 0 Å². The maximum atomic E-state index is 11.2. The number of nitrogens with one attached hydrogen (secondary N) is 1. The number of carbonyl (C=O) groups is 1. The van der Waals surface area contributed by atoms with Gasteiger partial charge in [0, 0.05) is 17.7 Å². The average molecular weight is 324 g/mol. The minimum absolute atomic E-state index is 0.0303. The Morgan fingerprint density at radius 3 is 2.52 bits per heavy atom. The zero-order valence-electron chi connectivity index (χ0n) is 13.0. The summed E-state index contributed by atoms with van der Waals surface area (Å²) in [5, 5.41) is 3.38. The second-order valence-corrected chi connectivity index (χ2v) is 7.30. The number of carbonyl (C=O) groups excluding carboxylic acids is 1. The quantitative estimate of drug-likeness (QED) is 0.566. The first-order valence-electron chi connectivity index (χ1n) is 7.49. The molecule has 2 nitrogen and oxygen atoms in total. The molecule has 4 heteroatoms. The lowest BCUT2D eigenvalue weighted by atomic mass is 9.91. The number of hydrogen-bond acceptors (Lipinski definition) is 3. The van der Waals surface area contributed by atoms with E-state index in [4.69, 9.17) is 12.2 Å². The molecule has 0 aliphatic heterocycles. The number of benzene rings is 1. The lowest BCUT2D eigenvalue weighted by Crippen LogP contribution is -2.40. The minimum atomic E-state index is 0.0303. The molecule has 0 fully saturated rings. The molecule has 0 spiro atoms. The minimum Gasteiger partial charge on any atom is -0.368 e. The van der Waals surface area contributed by atoms with Crippen LogP contribution in [0.15, 0.2) is 30.3 Å². The summed E-state index contributed by atoms with van der Waals surface area (Å²) in [4.78, 5) is 11.2. The van der Waals surface area contributed by atoms with Crippen molar-refractivity contribution in [3.05, 3.63) is 35.9 Å². The molecule has 0 aromatic heterocycles. The van der Waals surface area contributed by atoms with E-state index in [2.05, 4.69) is 31.3 Å². The fourth-order valence-corrected chi connectivity index (χ4v) is 3.29. The zero-order chi connectivity index (χ0) is 15.7. The number of rotatable bonds is 8. The van der Waals surface area contributed by atoms with E-state index in [0.717, 1.165) is 29.2 Å². The molecule has 0 saturated heterocycles. The Balaban J connectivity index is 2.53. The fourth-order valence-electron chi connectivity index (χ4n) is 2.24. The van der Waals surface area contributed by atoms with Gasteiger partial charge in [-0.3, -0.25) is 0 Å². The third-order valence-corrected chi connectivity index (χ3v) is 4.73. The predicted octanol–water partition coefficient (Wildman–Crippen LogP) is 4.43. The first kappa shape index (κ1) is 18.2. The van der Waals surface area contributed by atoms with Crippen molar-refractivity contribution in [1.82, 2.24) is 5.32 Å². The summed E-state index contributed by atoms with van der Waals surface area (Å²) in [6.07, 6.45) is 2.87. The van der Waals surface area contributed by atoms with E-state index in [1.54, 1.807) is 11.8 Å². The maximum absolute atomic E-state index is 11.2. The van der Waals surface area contributed by atoms with Gasteiger partial charge < -0.3 is 10.1 Å². The molecule has 0 saturated carbocycles. The Labute approximate surface area is 138 Å². The summed E-state index contributed by atoms with van der Waals surface area (Å²) in [6.45, 7) is 6.40. The smallest absolute Gasteiger partial charge is 0.134 e. The summed E-state index contributed by atoms with van der Waals surface area (Å²) in [5.41, 5.74) is 1.26. The van der Waals surface area contributed by atoms with Crippen LogP contribution < -0.4 is 5.32 Å². The van der Waals surface area contributed by atoms with Gasteiger partial charge in [-0.25, -0.2) is 0 Å². The van der Waals surface area contributed by atoms with Gasteiger partial charge in [0.1, 0.15) is 10.6 Å². The third kappa shape index (κ3) is 7.09. The van der Waals surface area contributed by atoms with Crippen LogP contribution in [0.5, 0.6) is 0 Å². The molecule has 1 rings (SSSR count). The highest BCUT2D eigenvalue weighted by molar-refractivity contribution is 8.22. The van der Waals surface area contributed by atoms with E-state index in [1.165, 1.54) is 5.56 Å². The summed E-state index contributed by atoms with van der Waals surface area (Å²) in [6, 6.07) is 10.4. The lowest BCUT2D eigenvalue weighted by Gasteiger charge is -2.26. The van der Waals surface area contributed by atoms with Crippen molar-refractivity contribution >= 4 is 34.6 Å². The van der Waals surface area contributed by atoms with Crippen LogP contribution in [0, 0.1) is 11.8 Å². The Kier molecular flexibility index (Phi) is 8.62. The lowest BCUT2D eigenvalue weighted by molar-refractivity contribution is -0.111. The highest BCUT2D eigenvalue weighted by Gasteiger charge is 2.21. The van der Waals surface area contributed by atoms with Crippen molar-refractivity contribution in [3.63, 3.8) is 0 Å². The molecule has 1 aromatic carbocycles. The molecule has 0 unspecified atom stereocenters. The van der Waals surface area contributed by atoms with Gasteiger partial charge in [-0.1, -0.05) is 75.1 Å². The number of thiocarbonyl (C=S) groups is 1. The molecule has 0 amide bonds. The summed E-state index contributed by atoms with van der Waals surface area (Å²) < 4.78 is 0.782. The molecule has 116 valence electrons. The van der Waals surface area contributed by atoms with Gasteiger partial charge in [0.25, 0.3) is 0 Å². The van der Waals surface area contributed by atoms with Crippen molar-refractivity contribution in [2.24, 2.45) is 11.8 Å². The van der Waals surface area contributed by atoms with Gasteiger partial charge in [0.2, 0.25) is 0 Å². The molecular weight excluding hydrogens is 298 g/mol. The van der Waals surface area contributed by atoms with Gasteiger partial charge in [-0.2, -0.15) is 0 Å². The number of hydrogen-bond donors (Lipinski definition) is 1. The van der Waals surface area contributed by atoms with Crippen LogP contribution in [0.25, 0.3) is 0 Å². The summed E-state index contributed by atoms with van der Waals surface area (Å²) >= 11 is 7.06. The second-order valence-electron chi connectivity index (χ2n) is 5.65. The van der Waals surface area contributed by atoms with Crippen LogP contribution in [-0.4, -0.2) is 16.6 Å². The Morgan fingerprint density at radius 2 is 2.00 bits per heavy atom. The average Bonchev–Trinajstić information content (AvgIpc) is 2.47. The maximum Gasteiger partial charge on any atom is 0.134 e. The van der Waals surface area contributed by atoms with Gasteiger partial charge in [-0.05, 0) is 24.3 Å². The van der Waals surface area contributed by atoms with E-state index >= 15 is 0 Å². The highest BCUT2D eigenvalue weighted by atomic mass is 32.2. The van der Waals surface area contributed by atoms with Crippen molar-refractivity contribution in [2.45, 2.75) is 45.4 Å². The van der Waals surface area contributed by atoms with Crippen molar-refractivity contribution in [2.75, 3.05) is 0 Å². The van der Waals surface area contributed by atoms with Crippen LogP contribution in [0.1, 0.15) is 39.2 Å². The molecule has 0 bridgehead atoms. The first-order chi connectivity index (χ1) is 10.1. The Hall–Kier alpha value is -0.870. The van der Waals surface area contributed by atoms with Crippen LogP contribution in [-0.2, 0) is 10.5 Å². The molecular formula is C17H25NOS2. The van der Waals surface area contributed by atoms with E-state index < -0.39 is 0 Å².